The van der Waals surface area contributed by atoms with Crippen molar-refractivity contribution < 1.29 is 39.1 Å². The topological polar surface area (TPSA) is 132 Å². The van der Waals surface area contributed by atoms with Crippen LogP contribution < -0.4 is 0 Å². The Labute approximate surface area is 342 Å². The number of aliphatic hydroxyl groups is 3. The molecule has 0 bridgehead atoms. The van der Waals surface area contributed by atoms with E-state index in [0.29, 0.717) is 37.6 Å². The number of likely N-dealkylation sites (tertiary alicyclic amines) is 1. The minimum atomic E-state index is -1.19. The molecule has 2 saturated heterocycles. The normalized spacial score (nSPS) is 39.7. The van der Waals surface area contributed by atoms with Crippen LogP contribution in [0.4, 0.5) is 0 Å². The second kappa shape index (κ2) is 20.7. The molecule has 0 amide bonds. The first-order valence-electron chi connectivity index (χ1n) is 21.7. The molecule has 4 aliphatic heterocycles. The van der Waals surface area contributed by atoms with Crippen molar-refractivity contribution in [2.45, 2.75) is 143 Å². The smallest absolute Gasteiger partial charge is 0.308 e. The van der Waals surface area contributed by atoms with Gasteiger partial charge in [-0.15, -0.1) is 0 Å². The molecule has 0 spiro atoms. The van der Waals surface area contributed by atoms with Gasteiger partial charge in [-0.2, -0.15) is 0 Å². The van der Waals surface area contributed by atoms with Crippen molar-refractivity contribution in [3.63, 3.8) is 0 Å². The lowest BCUT2D eigenvalue weighted by Crippen LogP contribution is -2.63. The third-order valence-corrected chi connectivity index (χ3v) is 13.1. The summed E-state index contributed by atoms with van der Waals surface area (Å²) in [7, 11) is 3.60. The Kier molecular flexibility index (Phi) is 16.5. The largest absolute Gasteiger partial charge is 0.462 e. The van der Waals surface area contributed by atoms with E-state index >= 15 is 0 Å². The lowest BCUT2D eigenvalue weighted by Gasteiger charge is -2.47. The van der Waals surface area contributed by atoms with Gasteiger partial charge in [0.2, 0.25) is 0 Å². The molecule has 11 nitrogen and oxygen atoms in total. The van der Waals surface area contributed by atoms with E-state index in [0.717, 1.165) is 38.3 Å². The third-order valence-electron chi connectivity index (χ3n) is 13.1. The fourth-order valence-electron chi connectivity index (χ4n) is 10.0. The summed E-state index contributed by atoms with van der Waals surface area (Å²) in [6.07, 6.45) is 2.27. The fraction of sp³-hybridized carbons (Fsp3) is 0.739. The lowest BCUT2D eigenvalue weighted by atomic mass is 9.79. The first-order valence-corrected chi connectivity index (χ1v) is 21.7. The van der Waals surface area contributed by atoms with Crippen LogP contribution in [0.25, 0.3) is 0 Å². The maximum absolute atomic E-state index is 13.9. The lowest BCUT2D eigenvalue weighted by molar-refractivity contribution is -0.304. The van der Waals surface area contributed by atoms with Crippen LogP contribution in [0, 0.1) is 35.5 Å². The van der Waals surface area contributed by atoms with Gasteiger partial charge >= 0.3 is 5.97 Å². The van der Waals surface area contributed by atoms with E-state index in [1.54, 1.807) is 32.0 Å². The van der Waals surface area contributed by atoms with Gasteiger partial charge in [-0.3, -0.25) is 14.5 Å². The molecule has 320 valence electrons. The highest BCUT2D eigenvalue weighted by atomic mass is 16.7. The summed E-state index contributed by atoms with van der Waals surface area (Å²) in [5.74, 6) is -0.638. The standard InChI is InChI=1S/C46H73N3O8/c1-10-40-37(27-49-25-35-13-11-12-14-36(35)26-49)20-28(2)15-16-38(50)31(5)21-34(17-18-48-23-29(3)19-30(4)24-48)45(32(6)39(51)22-41(52)56-40)57-46-44(54)42(47(8)9)43(53)33(7)55-46/h11-16,20,29-34,37,39-40,42-46,51,53-54H,10,17-19,21-27H2,1-9H3/b16-15+,28-20+/t29?,30?,31-,32+,33-,34+,37-,39-,40-,42+,43-,44-,45-,46+/m1/s1. The summed E-state index contributed by atoms with van der Waals surface area (Å²) < 4.78 is 19.2. The van der Waals surface area contributed by atoms with Gasteiger partial charge in [0.15, 0.2) is 12.1 Å². The third kappa shape index (κ3) is 12.1. The molecule has 11 heteroatoms. The van der Waals surface area contributed by atoms with Gasteiger partial charge < -0.3 is 39.3 Å². The van der Waals surface area contributed by atoms with Crippen LogP contribution >= 0.6 is 0 Å². The Morgan fingerprint density at radius 3 is 2.16 bits per heavy atom. The number of carbonyl (C=O) groups excluding carboxylic acids is 2. The van der Waals surface area contributed by atoms with Crippen LogP contribution in [0.15, 0.2) is 48.1 Å². The molecule has 57 heavy (non-hydrogen) atoms. The van der Waals surface area contributed by atoms with Crippen molar-refractivity contribution in [1.29, 1.82) is 0 Å². The van der Waals surface area contributed by atoms with E-state index in [4.69, 9.17) is 14.2 Å². The van der Waals surface area contributed by atoms with E-state index in [-0.39, 0.29) is 30.0 Å². The molecule has 5 rings (SSSR count). The predicted molar refractivity (Wildman–Crippen MR) is 222 cm³/mol. The molecule has 4 heterocycles. The molecule has 1 aromatic carbocycles. The average molecular weight is 796 g/mol. The van der Waals surface area contributed by atoms with Crippen LogP contribution in [-0.4, -0.2) is 131 Å². The number of ether oxygens (including phenoxy) is 3. The van der Waals surface area contributed by atoms with Gasteiger partial charge in [-0.25, -0.2) is 0 Å². The van der Waals surface area contributed by atoms with Crippen LogP contribution in [-0.2, 0) is 36.9 Å². The van der Waals surface area contributed by atoms with Crippen LogP contribution in [0.2, 0.25) is 0 Å². The minimum absolute atomic E-state index is 0.00962. The zero-order valence-electron chi connectivity index (χ0n) is 36.1. The highest BCUT2D eigenvalue weighted by molar-refractivity contribution is 5.91. The number of esters is 1. The minimum Gasteiger partial charge on any atom is -0.462 e. The summed E-state index contributed by atoms with van der Waals surface area (Å²) in [5.41, 5.74) is 3.53. The van der Waals surface area contributed by atoms with Crippen molar-refractivity contribution in [2.75, 3.05) is 40.3 Å². The Bertz CT molecular complexity index is 1500. The Morgan fingerprint density at radius 2 is 1.54 bits per heavy atom. The number of piperidine rings is 1. The molecule has 14 atom stereocenters. The van der Waals surface area contributed by atoms with E-state index < -0.39 is 60.8 Å². The zero-order chi connectivity index (χ0) is 41.6. The number of rotatable bonds is 9. The fourth-order valence-corrected chi connectivity index (χ4v) is 10.0. The van der Waals surface area contributed by atoms with E-state index in [9.17, 15) is 24.9 Å². The number of benzene rings is 1. The summed E-state index contributed by atoms with van der Waals surface area (Å²) in [5, 5.41) is 34.5. The number of nitrogens with zero attached hydrogens (tertiary/aromatic N) is 3. The zero-order valence-corrected chi connectivity index (χ0v) is 36.1. The monoisotopic (exact) mass is 796 g/mol. The van der Waals surface area contributed by atoms with E-state index in [2.05, 4.69) is 54.0 Å². The van der Waals surface area contributed by atoms with E-state index in [1.807, 2.05) is 33.8 Å². The number of aliphatic hydroxyl groups excluding tert-OH is 3. The molecule has 1 aromatic rings. The predicted octanol–water partition coefficient (Wildman–Crippen LogP) is 5.20. The van der Waals surface area contributed by atoms with E-state index in [1.165, 1.54) is 17.5 Å². The molecule has 0 aliphatic carbocycles. The molecule has 2 unspecified atom stereocenters. The number of ketones is 1. The van der Waals surface area contributed by atoms with Crippen LogP contribution in [0.5, 0.6) is 0 Å². The van der Waals surface area contributed by atoms with Crippen molar-refractivity contribution in [1.82, 2.24) is 14.7 Å². The highest BCUT2D eigenvalue weighted by Gasteiger charge is 2.47. The quantitative estimate of drug-likeness (QED) is 0.285. The van der Waals surface area contributed by atoms with Gasteiger partial charge in [0, 0.05) is 50.5 Å². The molecular weight excluding hydrogens is 723 g/mol. The second-order valence-electron chi connectivity index (χ2n) is 18.5. The van der Waals surface area contributed by atoms with Gasteiger partial charge in [-0.1, -0.05) is 76.6 Å². The Hall–Kier alpha value is -2.48. The Balaban J connectivity index is 1.46. The molecule has 0 aromatic heterocycles. The maximum atomic E-state index is 13.9. The summed E-state index contributed by atoms with van der Waals surface area (Å²) in [4.78, 5) is 34.4. The number of likely N-dealkylation sites (N-methyl/N-ethyl adjacent to an activating group) is 1. The van der Waals surface area contributed by atoms with Gasteiger partial charge in [0.25, 0.3) is 0 Å². The SMILES string of the molecule is CC[C@H]1OC(=O)C[C@@H](O)[C@H](C)[C@@H](O[C@@H]2O[C@H](C)[C@@H](O)[C@H](N(C)C)[C@H]2O)[C@@H](CCN2CC(C)CC(C)C2)C[C@@H](C)C(=O)/C=C/C(C)=C/[C@@H]1CN1Cc2ccccc2C1. The second-order valence-corrected chi connectivity index (χ2v) is 18.5. The molecule has 4 aliphatic rings. The van der Waals surface area contributed by atoms with Gasteiger partial charge in [0.1, 0.15) is 12.2 Å². The van der Waals surface area contributed by atoms with Crippen molar-refractivity contribution in [3.8, 4) is 0 Å². The van der Waals surface area contributed by atoms with Crippen molar-refractivity contribution in [3.05, 3.63) is 59.2 Å². The molecule has 0 radical (unpaired) electrons. The molecule has 2 fully saturated rings. The first kappa shape index (κ1) is 45.6. The van der Waals surface area contributed by atoms with Crippen molar-refractivity contribution >= 4 is 11.8 Å². The summed E-state index contributed by atoms with van der Waals surface area (Å²) in [6.45, 7) is 19.2. The summed E-state index contributed by atoms with van der Waals surface area (Å²) >= 11 is 0. The molecule has 3 N–H and O–H groups in total. The first-order chi connectivity index (χ1) is 27.0. The number of carbonyl (C=O) groups is 2. The van der Waals surface area contributed by atoms with Crippen LogP contribution in [0.3, 0.4) is 0 Å². The molecular formula is C46H73N3O8. The number of fused-ring (bicyclic) bond motifs is 1. The van der Waals surface area contributed by atoms with Gasteiger partial charge in [0.05, 0.1) is 36.9 Å². The summed E-state index contributed by atoms with van der Waals surface area (Å²) in [6, 6.07) is 7.80. The number of cyclic esters (lactones) is 1. The average Bonchev–Trinajstić information content (AvgIpc) is 3.56. The Morgan fingerprint density at radius 1 is 0.895 bits per heavy atom. The number of hydrogen-bond acceptors (Lipinski definition) is 11. The maximum Gasteiger partial charge on any atom is 0.308 e. The van der Waals surface area contributed by atoms with Crippen LogP contribution in [0.1, 0.15) is 91.7 Å². The highest BCUT2D eigenvalue weighted by Crippen LogP contribution is 2.36. The number of hydrogen-bond donors (Lipinski definition) is 3. The number of allylic oxidation sites excluding steroid dienone is 3. The van der Waals surface area contributed by atoms with Gasteiger partial charge in [-0.05, 0) is 95.1 Å². The molecule has 0 saturated carbocycles. The van der Waals surface area contributed by atoms with Crippen molar-refractivity contribution in [2.24, 2.45) is 35.5 Å².